The number of aliphatic imine (C=N–C) groups is 1. The highest BCUT2D eigenvalue weighted by atomic mass is 127. The highest BCUT2D eigenvalue weighted by Crippen LogP contribution is 2.47. The standard InChI is InChI=1S/C21H28IN3O2P2S/c1-5-13(4)24-19(12(2)3)25-20(18-15(22)9-10-30-18)23-11-14-7-6-8-16-17(14)27-21(28,29)26-16/h6-10,13,24H,5,11,28-29H2,1-4H3,(H,23,25). The molecular weight excluding hydrogens is 547 g/mol. The van der Waals surface area contributed by atoms with Gasteiger partial charge in [-0.05, 0) is 91.3 Å². The first kappa shape index (κ1) is 23.8. The third-order valence-electron chi connectivity index (χ3n) is 4.56. The Morgan fingerprint density at radius 3 is 2.67 bits per heavy atom. The van der Waals surface area contributed by atoms with Crippen molar-refractivity contribution in [3.63, 3.8) is 0 Å². The molecule has 3 rings (SSSR count). The van der Waals surface area contributed by atoms with Gasteiger partial charge in [0.25, 0.3) is 5.27 Å². The largest absolute Gasteiger partial charge is 0.443 e. The molecule has 1 aliphatic heterocycles. The molecular formula is C21H28IN3O2P2S. The number of allylic oxidation sites excluding steroid dienone is 1. The molecule has 0 fully saturated rings. The Morgan fingerprint density at radius 2 is 2.03 bits per heavy atom. The predicted octanol–water partition coefficient (Wildman–Crippen LogP) is 5.66. The summed E-state index contributed by atoms with van der Waals surface area (Å²) in [5.41, 5.74) is 2.17. The number of thiophene rings is 1. The molecule has 0 saturated heterocycles. The average molecular weight is 575 g/mol. The van der Waals surface area contributed by atoms with E-state index in [0.29, 0.717) is 12.6 Å². The Labute approximate surface area is 201 Å². The van der Waals surface area contributed by atoms with Crippen LogP contribution in [0.4, 0.5) is 0 Å². The normalized spacial score (nSPS) is 15.6. The van der Waals surface area contributed by atoms with E-state index in [4.69, 9.17) is 14.5 Å². The van der Waals surface area contributed by atoms with Crippen LogP contribution in [0.15, 0.2) is 46.0 Å². The van der Waals surface area contributed by atoms with Gasteiger partial charge in [0.1, 0.15) is 11.7 Å². The predicted molar refractivity (Wildman–Crippen MR) is 142 cm³/mol. The fourth-order valence-electron chi connectivity index (χ4n) is 2.80. The Balaban J connectivity index is 1.90. The molecule has 3 atom stereocenters. The summed E-state index contributed by atoms with van der Waals surface area (Å²) in [7, 11) is 5.13. The molecule has 30 heavy (non-hydrogen) atoms. The topological polar surface area (TPSA) is 54.9 Å². The number of fused-ring (bicyclic) bond motifs is 1. The van der Waals surface area contributed by atoms with Crippen molar-refractivity contribution >= 4 is 58.2 Å². The average Bonchev–Trinajstić information content (AvgIpc) is 3.25. The summed E-state index contributed by atoms with van der Waals surface area (Å²) in [4.78, 5) is 6.13. The van der Waals surface area contributed by atoms with Crippen LogP contribution in [-0.2, 0) is 6.54 Å². The Kier molecular flexibility index (Phi) is 8.05. The maximum Gasteiger partial charge on any atom is 0.273 e. The number of nitrogens with one attached hydrogen (secondary N) is 2. The van der Waals surface area contributed by atoms with Gasteiger partial charge in [0.05, 0.1) is 4.88 Å². The molecule has 3 unspecified atom stereocenters. The summed E-state index contributed by atoms with van der Waals surface area (Å²) in [5, 5.41) is 8.36. The quantitative estimate of drug-likeness (QED) is 0.194. The molecule has 5 nitrogen and oxygen atoms in total. The lowest BCUT2D eigenvalue weighted by molar-refractivity contribution is 0.0982. The van der Waals surface area contributed by atoms with Crippen LogP contribution in [0.25, 0.3) is 0 Å². The van der Waals surface area contributed by atoms with E-state index >= 15 is 0 Å². The van der Waals surface area contributed by atoms with Crippen LogP contribution in [0.3, 0.4) is 0 Å². The molecule has 9 heteroatoms. The number of hydrogen-bond donors (Lipinski definition) is 2. The first-order valence-corrected chi connectivity index (χ1v) is 12.9. The van der Waals surface area contributed by atoms with Crippen LogP contribution >= 0.6 is 52.4 Å². The van der Waals surface area contributed by atoms with E-state index in [0.717, 1.165) is 45.6 Å². The Hall–Kier alpha value is -0.880. The first-order valence-electron chi connectivity index (χ1n) is 9.77. The van der Waals surface area contributed by atoms with Gasteiger partial charge < -0.3 is 20.1 Å². The van der Waals surface area contributed by atoms with Crippen molar-refractivity contribution in [3.8, 4) is 11.5 Å². The molecule has 2 heterocycles. The van der Waals surface area contributed by atoms with Gasteiger partial charge in [0, 0.05) is 21.7 Å². The van der Waals surface area contributed by atoms with Crippen molar-refractivity contribution < 1.29 is 9.47 Å². The van der Waals surface area contributed by atoms with Crippen molar-refractivity contribution in [3.05, 3.63) is 55.1 Å². The van der Waals surface area contributed by atoms with Crippen molar-refractivity contribution in [2.45, 2.75) is 52.0 Å². The monoisotopic (exact) mass is 575 g/mol. The molecule has 2 N–H and O–H groups in total. The number of halogens is 1. The molecule has 1 aromatic heterocycles. The number of nitrogens with zero attached hydrogens (tertiary/aromatic N) is 1. The summed E-state index contributed by atoms with van der Waals surface area (Å²) in [6.45, 7) is 9.07. The second-order valence-corrected chi connectivity index (χ2v) is 11.7. The van der Waals surface area contributed by atoms with E-state index in [1.165, 1.54) is 3.57 Å². The second-order valence-electron chi connectivity index (χ2n) is 7.38. The van der Waals surface area contributed by atoms with Gasteiger partial charge in [-0.1, -0.05) is 19.1 Å². The molecule has 0 amide bonds. The van der Waals surface area contributed by atoms with E-state index < -0.39 is 5.27 Å². The lowest BCUT2D eigenvalue weighted by Gasteiger charge is -2.18. The van der Waals surface area contributed by atoms with Gasteiger partial charge in [0.15, 0.2) is 11.5 Å². The SMILES string of the molecule is CCC(C)NC(/N=C(/NCc1cccc2c1OC(P)(P)O2)c1sccc1I)=C(C)C. The lowest BCUT2D eigenvalue weighted by Crippen LogP contribution is -2.29. The summed E-state index contributed by atoms with van der Waals surface area (Å²) >= 11 is 4.04. The number of ether oxygens (including phenoxy) is 2. The van der Waals surface area contributed by atoms with Crippen molar-refractivity contribution in [2.24, 2.45) is 4.99 Å². The number of benzene rings is 1. The van der Waals surface area contributed by atoms with E-state index in [2.05, 4.69) is 90.8 Å². The Morgan fingerprint density at radius 1 is 1.27 bits per heavy atom. The highest BCUT2D eigenvalue weighted by Gasteiger charge is 2.33. The maximum absolute atomic E-state index is 5.96. The molecule has 0 bridgehead atoms. The van der Waals surface area contributed by atoms with Gasteiger partial charge >= 0.3 is 0 Å². The summed E-state index contributed by atoms with van der Waals surface area (Å²) < 4.78 is 12.9. The molecule has 2 aromatic rings. The van der Waals surface area contributed by atoms with Gasteiger partial charge in [-0.25, -0.2) is 4.99 Å². The highest BCUT2D eigenvalue weighted by molar-refractivity contribution is 14.1. The number of rotatable bonds is 7. The van der Waals surface area contributed by atoms with Gasteiger partial charge in [-0.15, -0.1) is 11.3 Å². The van der Waals surface area contributed by atoms with Crippen LogP contribution in [0.2, 0.25) is 0 Å². The third-order valence-corrected chi connectivity index (χ3v) is 7.22. The number of hydrogen-bond acceptors (Lipinski definition) is 5. The molecule has 1 aliphatic rings. The van der Waals surface area contributed by atoms with Crippen LogP contribution in [-0.4, -0.2) is 17.1 Å². The third kappa shape index (κ3) is 5.87. The zero-order valence-corrected chi connectivity index (χ0v) is 22.9. The Bertz CT molecular complexity index is 971. The summed E-state index contributed by atoms with van der Waals surface area (Å²) in [6, 6.07) is 8.40. The molecule has 0 spiro atoms. The lowest BCUT2D eigenvalue weighted by atomic mass is 10.2. The number of para-hydroxylation sites is 1. The zero-order valence-electron chi connectivity index (χ0n) is 17.6. The van der Waals surface area contributed by atoms with Crippen LogP contribution in [0, 0.1) is 3.57 Å². The van der Waals surface area contributed by atoms with Gasteiger partial charge in [-0.3, -0.25) is 0 Å². The minimum atomic E-state index is -0.812. The molecule has 1 aromatic carbocycles. The zero-order chi connectivity index (χ0) is 21.9. The van der Waals surface area contributed by atoms with E-state index in [1.807, 2.05) is 18.2 Å². The van der Waals surface area contributed by atoms with E-state index in [1.54, 1.807) is 11.3 Å². The van der Waals surface area contributed by atoms with Crippen molar-refractivity contribution in [1.82, 2.24) is 10.6 Å². The van der Waals surface area contributed by atoms with Crippen molar-refractivity contribution in [2.75, 3.05) is 0 Å². The molecule has 0 radical (unpaired) electrons. The van der Waals surface area contributed by atoms with E-state index in [-0.39, 0.29) is 0 Å². The van der Waals surface area contributed by atoms with Crippen LogP contribution in [0.5, 0.6) is 11.5 Å². The fourth-order valence-corrected chi connectivity index (χ4v) is 5.10. The minimum absolute atomic E-state index is 0.350. The molecule has 0 aliphatic carbocycles. The summed E-state index contributed by atoms with van der Waals surface area (Å²) in [6.07, 6.45) is 1.03. The van der Waals surface area contributed by atoms with Gasteiger partial charge in [-0.2, -0.15) is 0 Å². The minimum Gasteiger partial charge on any atom is -0.443 e. The first-order chi connectivity index (χ1) is 14.2. The second kappa shape index (κ2) is 10.2. The van der Waals surface area contributed by atoms with Crippen molar-refractivity contribution in [1.29, 1.82) is 0 Å². The summed E-state index contributed by atoms with van der Waals surface area (Å²) in [5.74, 6) is 3.26. The van der Waals surface area contributed by atoms with Gasteiger partial charge in [0.2, 0.25) is 0 Å². The smallest absolute Gasteiger partial charge is 0.273 e. The molecule has 162 valence electrons. The van der Waals surface area contributed by atoms with Crippen LogP contribution < -0.4 is 20.1 Å². The fraction of sp³-hybridized carbons (Fsp3) is 0.381. The van der Waals surface area contributed by atoms with Crippen LogP contribution in [0.1, 0.15) is 44.6 Å². The van der Waals surface area contributed by atoms with E-state index in [9.17, 15) is 0 Å². The molecule has 0 saturated carbocycles. The maximum atomic E-state index is 5.96. The number of amidine groups is 1.